The number of carbonyl (C=O) groups excluding carboxylic acids is 1. The molecular weight excluding hydrogens is 298 g/mol. The Morgan fingerprint density at radius 2 is 1.79 bits per heavy atom. The predicted octanol–water partition coefficient (Wildman–Crippen LogP) is 3.88. The average molecular weight is 323 g/mol. The van der Waals surface area contributed by atoms with Crippen LogP contribution in [0.2, 0.25) is 0 Å². The van der Waals surface area contributed by atoms with E-state index in [1.807, 2.05) is 13.8 Å². The first-order valence-corrected chi connectivity index (χ1v) is 9.21. The van der Waals surface area contributed by atoms with Crippen molar-refractivity contribution in [3.63, 3.8) is 0 Å². The van der Waals surface area contributed by atoms with Crippen LogP contribution < -0.4 is 0 Å². The summed E-state index contributed by atoms with van der Waals surface area (Å²) < 4.78 is 0. The van der Waals surface area contributed by atoms with Gasteiger partial charge in [-0.25, -0.2) is 9.97 Å². The van der Waals surface area contributed by atoms with Crippen molar-refractivity contribution < 1.29 is 4.79 Å². The number of hydrogen-bond donors (Lipinski definition) is 0. The molecule has 0 amide bonds. The van der Waals surface area contributed by atoms with Crippen LogP contribution in [0.1, 0.15) is 68.1 Å². The van der Waals surface area contributed by atoms with Crippen molar-refractivity contribution in [1.82, 2.24) is 9.97 Å². The number of hydrogen-bond acceptors (Lipinski definition) is 4. The van der Waals surface area contributed by atoms with Crippen LogP contribution in [0.4, 0.5) is 0 Å². The Labute approximate surface area is 143 Å². The molecular formula is C20H25N3O. The van der Waals surface area contributed by atoms with Gasteiger partial charge in [0.25, 0.3) is 0 Å². The quantitative estimate of drug-likeness (QED) is 0.843. The van der Waals surface area contributed by atoms with E-state index in [-0.39, 0.29) is 11.2 Å². The van der Waals surface area contributed by atoms with E-state index in [1.165, 1.54) is 38.5 Å². The molecule has 4 heteroatoms. The van der Waals surface area contributed by atoms with Gasteiger partial charge in [0.1, 0.15) is 11.7 Å². The third-order valence-electron chi connectivity index (χ3n) is 6.45. The molecule has 4 saturated carbocycles. The molecule has 0 saturated heterocycles. The fraction of sp³-hybridized carbons (Fsp3) is 0.700. The lowest BCUT2D eigenvalue weighted by Gasteiger charge is -2.56. The summed E-state index contributed by atoms with van der Waals surface area (Å²) in [6, 6.07) is 4.01. The second-order valence-corrected chi connectivity index (χ2v) is 8.60. The molecule has 0 N–H and O–H groups in total. The molecule has 1 unspecified atom stereocenters. The smallest absolute Gasteiger partial charge is 0.156 e. The van der Waals surface area contributed by atoms with E-state index in [0.717, 1.165) is 23.4 Å². The summed E-state index contributed by atoms with van der Waals surface area (Å²) in [6.45, 7) is 3.70. The van der Waals surface area contributed by atoms with Gasteiger partial charge in [0, 0.05) is 12.1 Å². The van der Waals surface area contributed by atoms with Crippen LogP contribution >= 0.6 is 0 Å². The van der Waals surface area contributed by atoms with Gasteiger partial charge in [0.05, 0.1) is 11.8 Å². The fourth-order valence-corrected chi connectivity index (χ4v) is 6.17. The summed E-state index contributed by atoms with van der Waals surface area (Å²) in [7, 11) is 0. The molecule has 126 valence electrons. The van der Waals surface area contributed by atoms with Gasteiger partial charge in [-0.2, -0.15) is 5.26 Å². The molecule has 1 aromatic rings. The molecule has 4 fully saturated rings. The number of aromatic nitrogens is 2. The minimum absolute atomic E-state index is 0.0666. The Hall–Kier alpha value is -1.76. The molecule has 0 spiro atoms. The van der Waals surface area contributed by atoms with Gasteiger partial charge in [-0.05, 0) is 81.6 Å². The standard InChI is InChI=1S/C20H25N3O/c1-12-3-18(23-13(2)22-12)17(11-21)19(24)10-20-7-14-4-15(8-20)6-16(5-14)9-20/h3,14-17H,4-10H2,1-2H3. The van der Waals surface area contributed by atoms with E-state index in [9.17, 15) is 10.1 Å². The van der Waals surface area contributed by atoms with Crippen molar-refractivity contribution in [2.45, 2.75) is 64.7 Å². The Balaban J connectivity index is 1.55. The lowest BCUT2D eigenvalue weighted by atomic mass is 9.48. The Morgan fingerprint density at radius 1 is 1.21 bits per heavy atom. The van der Waals surface area contributed by atoms with Gasteiger partial charge >= 0.3 is 0 Å². The van der Waals surface area contributed by atoms with Gasteiger partial charge in [-0.1, -0.05) is 0 Å². The molecule has 1 heterocycles. The molecule has 24 heavy (non-hydrogen) atoms. The van der Waals surface area contributed by atoms with Crippen LogP contribution in [0.15, 0.2) is 6.07 Å². The molecule has 5 rings (SSSR count). The second-order valence-electron chi connectivity index (χ2n) is 8.60. The van der Waals surface area contributed by atoms with Crippen LogP contribution in [0.25, 0.3) is 0 Å². The normalized spacial score (nSPS) is 34.8. The number of rotatable bonds is 4. The average Bonchev–Trinajstić information content (AvgIpc) is 2.44. The van der Waals surface area contributed by atoms with E-state index in [0.29, 0.717) is 17.9 Å². The highest BCUT2D eigenvalue weighted by Crippen LogP contribution is 2.61. The molecule has 4 aliphatic rings. The molecule has 4 aliphatic carbocycles. The molecule has 1 aromatic heterocycles. The maximum absolute atomic E-state index is 13.0. The van der Waals surface area contributed by atoms with Gasteiger partial charge in [-0.15, -0.1) is 0 Å². The number of carbonyl (C=O) groups is 1. The molecule has 1 atom stereocenters. The van der Waals surface area contributed by atoms with Crippen LogP contribution in [0.3, 0.4) is 0 Å². The topological polar surface area (TPSA) is 66.6 Å². The summed E-state index contributed by atoms with van der Waals surface area (Å²) in [5, 5.41) is 9.61. The second kappa shape index (κ2) is 5.65. The first-order valence-electron chi connectivity index (χ1n) is 9.21. The number of nitrogens with zero attached hydrogens (tertiary/aromatic N) is 3. The monoisotopic (exact) mass is 323 g/mol. The van der Waals surface area contributed by atoms with Gasteiger partial charge < -0.3 is 0 Å². The predicted molar refractivity (Wildman–Crippen MR) is 90.1 cm³/mol. The van der Waals surface area contributed by atoms with Crippen LogP contribution in [0, 0.1) is 48.3 Å². The summed E-state index contributed by atoms with van der Waals surface area (Å²) in [4.78, 5) is 21.6. The number of ketones is 1. The maximum atomic E-state index is 13.0. The molecule has 0 radical (unpaired) electrons. The Bertz CT molecular complexity index is 663. The maximum Gasteiger partial charge on any atom is 0.156 e. The third kappa shape index (κ3) is 2.75. The third-order valence-corrected chi connectivity index (χ3v) is 6.45. The molecule has 4 nitrogen and oxygen atoms in total. The molecule has 0 aliphatic heterocycles. The minimum atomic E-state index is -0.738. The van der Waals surface area contributed by atoms with E-state index < -0.39 is 5.92 Å². The zero-order valence-corrected chi connectivity index (χ0v) is 14.6. The largest absolute Gasteiger partial charge is 0.298 e. The zero-order chi connectivity index (χ0) is 16.9. The number of nitriles is 1. The Morgan fingerprint density at radius 3 is 2.29 bits per heavy atom. The van der Waals surface area contributed by atoms with E-state index >= 15 is 0 Å². The summed E-state index contributed by atoms with van der Waals surface area (Å²) in [6.07, 6.45) is 8.29. The lowest BCUT2D eigenvalue weighted by Crippen LogP contribution is -2.47. The first-order chi connectivity index (χ1) is 11.5. The molecule has 4 bridgehead atoms. The van der Waals surface area contributed by atoms with Crippen molar-refractivity contribution in [1.29, 1.82) is 5.26 Å². The lowest BCUT2D eigenvalue weighted by molar-refractivity contribution is -0.127. The van der Waals surface area contributed by atoms with Crippen molar-refractivity contribution in [2.24, 2.45) is 23.2 Å². The van der Waals surface area contributed by atoms with Crippen molar-refractivity contribution in [3.05, 3.63) is 23.3 Å². The van der Waals surface area contributed by atoms with Crippen LogP contribution in [-0.2, 0) is 4.79 Å². The van der Waals surface area contributed by atoms with Gasteiger partial charge in [0.2, 0.25) is 0 Å². The SMILES string of the molecule is Cc1cc(C(C#N)C(=O)CC23CC4CC(CC(C4)C2)C3)nc(C)n1. The molecule has 0 aromatic carbocycles. The van der Waals surface area contributed by atoms with Crippen molar-refractivity contribution in [2.75, 3.05) is 0 Å². The first kappa shape index (κ1) is 15.7. The summed E-state index contributed by atoms with van der Waals surface area (Å²) in [5.41, 5.74) is 1.58. The van der Waals surface area contributed by atoms with Crippen molar-refractivity contribution >= 4 is 5.78 Å². The Kier molecular flexibility index (Phi) is 3.71. The minimum Gasteiger partial charge on any atom is -0.298 e. The van der Waals surface area contributed by atoms with E-state index in [4.69, 9.17) is 0 Å². The van der Waals surface area contributed by atoms with Crippen molar-refractivity contribution in [3.8, 4) is 6.07 Å². The highest BCUT2D eigenvalue weighted by atomic mass is 16.1. The van der Waals surface area contributed by atoms with E-state index in [2.05, 4.69) is 16.0 Å². The van der Waals surface area contributed by atoms with Crippen LogP contribution in [0.5, 0.6) is 0 Å². The number of Topliss-reactive ketones (excluding diaryl/α,β-unsaturated/α-hetero) is 1. The van der Waals surface area contributed by atoms with E-state index in [1.54, 1.807) is 6.07 Å². The highest BCUT2D eigenvalue weighted by molar-refractivity contribution is 5.88. The summed E-state index contributed by atoms with van der Waals surface area (Å²) in [5.74, 6) is 2.44. The zero-order valence-electron chi connectivity index (χ0n) is 14.6. The summed E-state index contributed by atoms with van der Waals surface area (Å²) >= 11 is 0. The highest BCUT2D eigenvalue weighted by Gasteiger charge is 2.51. The van der Waals surface area contributed by atoms with Crippen LogP contribution in [-0.4, -0.2) is 15.8 Å². The van der Waals surface area contributed by atoms with Gasteiger partial charge in [0.15, 0.2) is 5.78 Å². The fourth-order valence-electron chi connectivity index (χ4n) is 6.17. The van der Waals surface area contributed by atoms with Gasteiger partial charge in [-0.3, -0.25) is 4.79 Å². The number of aryl methyl sites for hydroxylation is 2.